The van der Waals surface area contributed by atoms with Gasteiger partial charge in [-0.1, -0.05) is 12.1 Å². The fraction of sp³-hybridized carbons (Fsp3) is 0.125. The molecule has 0 saturated heterocycles. The number of carbonyl (C=O) groups excluding carboxylic acids is 1. The molecule has 108 valence electrons. The molecule has 1 amide bonds. The molecule has 0 heterocycles. The first kappa shape index (κ1) is 14.8. The molecule has 0 aliphatic carbocycles. The Morgan fingerprint density at radius 3 is 2.57 bits per heavy atom. The van der Waals surface area contributed by atoms with E-state index in [-0.39, 0.29) is 0 Å². The summed E-state index contributed by atoms with van der Waals surface area (Å²) in [5.41, 5.74) is 1.79. The van der Waals surface area contributed by atoms with E-state index in [4.69, 9.17) is 0 Å². The highest BCUT2D eigenvalue weighted by Crippen LogP contribution is 2.35. The first-order valence-electron chi connectivity index (χ1n) is 6.29. The summed E-state index contributed by atoms with van der Waals surface area (Å²) in [5.74, 6) is -1.17. The van der Waals surface area contributed by atoms with E-state index in [0.717, 1.165) is 0 Å². The minimum atomic E-state index is -1.16. The summed E-state index contributed by atoms with van der Waals surface area (Å²) in [6, 6.07) is 10.7. The molecular weight excluding hydrogens is 274 g/mol. The predicted molar refractivity (Wildman–Crippen MR) is 79.9 cm³/mol. The van der Waals surface area contributed by atoms with Gasteiger partial charge in [0.2, 0.25) is 0 Å². The molecule has 0 atom stereocenters. The number of aryl methyl sites for hydroxylation is 1. The van der Waals surface area contributed by atoms with Crippen LogP contribution in [0, 0.1) is 12.7 Å². The van der Waals surface area contributed by atoms with E-state index >= 15 is 0 Å². The Morgan fingerprint density at radius 1 is 1.24 bits per heavy atom. The summed E-state index contributed by atoms with van der Waals surface area (Å²) in [6.45, 7) is 3.94. The van der Waals surface area contributed by atoms with Crippen LogP contribution in [0.5, 0.6) is 0 Å². The Labute approximate surface area is 121 Å². The number of anilines is 2. The van der Waals surface area contributed by atoms with E-state index in [1.165, 1.54) is 23.1 Å². The molecule has 5 heteroatoms. The van der Waals surface area contributed by atoms with Crippen LogP contribution < -0.4 is 4.90 Å². The molecule has 0 aliphatic rings. The Hall–Kier alpha value is -2.56. The van der Waals surface area contributed by atoms with Crippen LogP contribution in [0.2, 0.25) is 0 Å². The number of alkyl halides is 1. The number of hydrogen-bond acceptors (Lipinski definition) is 2. The number of benzene rings is 2. The van der Waals surface area contributed by atoms with Gasteiger partial charge in [-0.25, -0.2) is 8.78 Å². The van der Waals surface area contributed by atoms with Crippen LogP contribution in [0.25, 0.3) is 0 Å². The third kappa shape index (κ3) is 2.97. The summed E-state index contributed by atoms with van der Waals surface area (Å²) < 4.78 is 26.2. The zero-order valence-electron chi connectivity index (χ0n) is 11.5. The van der Waals surface area contributed by atoms with Crippen LogP contribution in [0.1, 0.15) is 5.56 Å². The van der Waals surface area contributed by atoms with Crippen LogP contribution in [-0.2, 0) is 4.79 Å². The second-order valence-corrected chi connectivity index (χ2v) is 4.44. The fourth-order valence-corrected chi connectivity index (χ4v) is 2.11. The number of aliphatic imine (C=N–C) groups is 1. The zero-order chi connectivity index (χ0) is 15.4. The van der Waals surface area contributed by atoms with Crippen molar-refractivity contribution >= 4 is 29.7 Å². The van der Waals surface area contributed by atoms with E-state index in [0.29, 0.717) is 22.6 Å². The van der Waals surface area contributed by atoms with Crippen molar-refractivity contribution in [3.05, 3.63) is 53.8 Å². The number of rotatable bonds is 4. The summed E-state index contributed by atoms with van der Waals surface area (Å²) in [4.78, 5) is 17.0. The molecule has 0 spiro atoms. The maximum Gasteiger partial charge on any atom is 0.263 e. The van der Waals surface area contributed by atoms with Gasteiger partial charge in [-0.05, 0) is 49.5 Å². The molecule has 0 bridgehead atoms. The van der Waals surface area contributed by atoms with E-state index in [1.54, 1.807) is 31.2 Å². The molecule has 0 radical (unpaired) electrons. The monoisotopic (exact) mass is 288 g/mol. The molecule has 0 unspecified atom stereocenters. The first-order valence-corrected chi connectivity index (χ1v) is 6.29. The van der Waals surface area contributed by atoms with Crippen LogP contribution in [0.15, 0.2) is 47.5 Å². The average Bonchev–Trinajstić information content (AvgIpc) is 2.49. The number of nitrogens with zero attached hydrogens (tertiary/aromatic N) is 2. The van der Waals surface area contributed by atoms with Gasteiger partial charge in [0.05, 0.1) is 17.1 Å². The molecule has 0 saturated carbocycles. The van der Waals surface area contributed by atoms with Crippen molar-refractivity contribution in [3.8, 4) is 0 Å². The molecule has 3 nitrogen and oxygen atoms in total. The molecule has 0 aromatic heterocycles. The highest BCUT2D eigenvalue weighted by Gasteiger charge is 2.22. The van der Waals surface area contributed by atoms with E-state index in [9.17, 15) is 13.6 Å². The van der Waals surface area contributed by atoms with E-state index < -0.39 is 18.4 Å². The van der Waals surface area contributed by atoms with Crippen molar-refractivity contribution in [1.29, 1.82) is 0 Å². The summed E-state index contributed by atoms with van der Waals surface area (Å²) in [7, 11) is 0. The first-order chi connectivity index (χ1) is 10.1. The number of amides is 1. The zero-order valence-corrected chi connectivity index (χ0v) is 11.5. The lowest BCUT2D eigenvalue weighted by Crippen LogP contribution is -2.28. The predicted octanol–water partition coefficient (Wildman–Crippen LogP) is 4.10. The van der Waals surface area contributed by atoms with Crippen molar-refractivity contribution in [1.82, 2.24) is 0 Å². The van der Waals surface area contributed by atoms with Gasteiger partial charge in [0.25, 0.3) is 5.91 Å². The number of halogens is 2. The molecule has 0 N–H and O–H groups in total. The molecule has 2 aromatic carbocycles. The third-order valence-electron chi connectivity index (χ3n) is 3.06. The van der Waals surface area contributed by atoms with Crippen LogP contribution >= 0.6 is 0 Å². The lowest BCUT2D eigenvalue weighted by molar-refractivity contribution is -0.118. The normalized spacial score (nSPS) is 10.2. The molecule has 0 fully saturated rings. The summed E-state index contributed by atoms with van der Waals surface area (Å²) in [5, 5.41) is 0. The Kier molecular flexibility index (Phi) is 4.42. The van der Waals surface area contributed by atoms with Crippen LogP contribution in [0.3, 0.4) is 0 Å². The second-order valence-electron chi connectivity index (χ2n) is 4.44. The van der Waals surface area contributed by atoms with Gasteiger partial charge in [-0.2, -0.15) is 0 Å². The minimum absolute atomic E-state index is 0.407. The SMILES string of the molecule is C=Nc1ccccc1N(C(=O)CF)c1ccc(F)cc1C. The number of hydrogen-bond donors (Lipinski definition) is 0. The van der Waals surface area contributed by atoms with Crippen molar-refractivity contribution in [2.24, 2.45) is 4.99 Å². The summed E-state index contributed by atoms with van der Waals surface area (Å²) in [6.07, 6.45) is 0. The van der Waals surface area contributed by atoms with Gasteiger partial charge in [0.1, 0.15) is 5.82 Å². The average molecular weight is 288 g/mol. The van der Waals surface area contributed by atoms with Gasteiger partial charge in [0.15, 0.2) is 6.67 Å². The van der Waals surface area contributed by atoms with E-state index in [1.807, 2.05) is 0 Å². The van der Waals surface area contributed by atoms with Gasteiger partial charge in [-0.15, -0.1) is 0 Å². The van der Waals surface area contributed by atoms with Gasteiger partial charge in [0, 0.05) is 0 Å². The van der Waals surface area contributed by atoms with Crippen LogP contribution in [0.4, 0.5) is 25.8 Å². The quantitative estimate of drug-likeness (QED) is 0.780. The Morgan fingerprint density at radius 2 is 1.95 bits per heavy atom. The number of para-hydroxylation sites is 2. The van der Waals surface area contributed by atoms with Gasteiger partial charge in [-0.3, -0.25) is 14.7 Å². The standard InChI is InChI=1S/C16H14F2N2O/c1-11-9-12(18)7-8-14(11)20(16(21)10-17)15-6-4-3-5-13(15)19-2/h3-9H,2,10H2,1H3. The molecule has 2 rings (SSSR count). The van der Waals surface area contributed by atoms with Crippen LogP contribution in [-0.4, -0.2) is 19.3 Å². The maximum atomic E-state index is 13.2. The highest BCUT2D eigenvalue weighted by molar-refractivity contribution is 6.04. The molecule has 2 aromatic rings. The highest BCUT2D eigenvalue weighted by atomic mass is 19.1. The molecular formula is C16H14F2N2O. The maximum absolute atomic E-state index is 13.2. The lowest BCUT2D eigenvalue weighted by atomic mass is 10.1. The fourth-order valence-electron chi connectivity index (χ4n) is 2.11. The smallest absolute Gasteiger partial charge is 0.263 e. The topological polar surface area (TPSA) is 32.7 Å². The third-order valence-corrected chi connectivity index (χ3v) is 3.06. The Balaban J connectivity index is 2.64. The van der Waals surface area contributed by atoms with Crippen molar-refractivity contribution < 1.29 is 13.6 Å². The van der Waals surface area contributed by atoms with E-state index in [2.05, 4.69) is 11.7 Å². The van der Waals surface area contributed by atoms with Crippen molar-refractivity contribution in [2.45, 2.75) is 6.92 Å². The van der Waals surface area contributed by atoms with Crippen molar-refractivity contribution in [2.75, 3.05) is 11.6 Å². The van der Waals surface area contributed by atoms with Gasteiger partial charge >= 0.3 is 0 Å². The number of carbonyl (C=O) groups is 1. The van der Waals surface area contributed by atoms with Gasteiger partial charge < -0.3 is 0 Å². The summed E-state index contributed by atoms with van der Waals surface area (Å²) >= 11 is 0. The lowest BCUT2D eigenvalue weighted by Gasteiger charge is -2.24. The second kappa shape index (κ2) is 6.26. The minimum Gasteiger partial charge on any atom is -0.276 e. The molecule has 21 heavy (non-hydrogen) atoms. The Bertz CT molecular complexity index is 686. The van der Waals surface area contributed by atoms with Crippen molar-refractivity contribution in [3.63, 3.8) is 0 Å². The largest absolute Gasteiger partial charge is 0.276 e. The molecule has 0 aliphatic heterocycles.